The Hall–Kier alpha value is -3.67. The molecule has 3 N–H and O–H groups in total. The van der Waals surface area contributed by atoms with Crippen molar-refractivity contribution in [3.63, 3.8) is 0 Å². The molecule has 0 spiro atoms. The van der Waals surface area contributed by atoms with Crippen molar-refractivity contribution in [3.8, 4) is 11.3 Å². The number of likely N-dealkylation sites (tertiary alicyclic amines) is 1. The van der Waals surface area contributed by atoms with E-state index in [1.165, 1.54) is 16.2 Å². The summed E-state index contributed by atoms with van der Waals surface area (Å²) in [6.07, 6.45) is -1.21. The molecular weight excluding hydrogens is 510 g/mol. The first-order chi connectivity index (χ1) is 17.7. The van der Waals surface area contributed by atoms with Crippen molar-refractivity contribution >= 4 is 40.5 Å². The van der Waals surface area contributed by atoms with Crippen molar-refractivity contribution in [2.45, 2.75) is 71.2 Å². The van der Waals surface area contributed by atoms with Gasteiger partial charge in [0, 0.05) is 23.5 Å². The van der Waals surface area contributed by atoms with E-state index in [9.17, 15) is 19.2 Å². The number of alkyl carbamates (subject to hydrolysis) is 1. The lowest BCUT2D eigenvalue weighted by Crippen LogP contribution is -2.46. The lowest BCUT2D eigenvalue weighted by Gasteiger charge is -2.27. The number of hydrogen-bond acceptors (Lipinski definition) is 8. The maximum Gasteiger partial charge on any atom is 0.411 e. The molecule has 11 nitrogen and oxygen atoms in total. The Morgan fingerprint density at radius 2 is 1.68 bits per heavy atom. The molecule has 1 aromatic heterocycles. The van der Waals surface area contributed by atoms with E-state index >= 15 is 0 Å². The summed E-state index contributed by atoms with van der Waals surface area (Å²) in [4.78, 5) is 56.2. The van der Waals surface area contributed by atoms with Crippen LogP contribution in [0, 0.1) is 0 Å². The van der Waals surface area contributed by atoms with Crippen LogP contribution in [0.15, 0.2) is 35.7 Å². The van der Waals surface area contributed by atoms with Gasteiger partial charge in [0.15, 0.2) is 5.13 Å². The summed E-state index contributed by atoms with van der Waals surface area (Å²) >= 11 is 1.28. The Bertz CT molecular complexity index is 1150. The first-order valence-electron chi connectivity index (χ1n) is 12.3. The van der Waals surface area contributed by atoms with Gasteiger partial charge in [-0.25, -0.2) is 14.6 Å². The van der Waals surface area contributed by atoms with Crippen molar-refractivity contribution in [1.82, 2.24) is 20.5 Å². The van der Waals surface area contributed by atoms with Crippen molar-refractivity contribution in [3.05, 3.63) is 35.7 Å². The van der Waals surface area contributed by atoms with Gasteiger partial charge >= 0.3 is 12.2 Å². The normalized spacial score (nSPS) is 17.5. The number of rotatable bonds is 6. The average Bonchev–Trinajstić information content (AvgIpc) is 3.43. The SMILES string of the molecule is CC(C)(C)OC(=O)NCC(=O)N[C@@H]1C[C@@H](C(=O)Nc2nc(-c3ccccc3)cs2)N(C(=O)OC(C)(C)C)C1. The number of carbonyl (C=O) groups excluding carboxylic acids is 4. The van der Waals surface area contributed by atoms with Crippen LogP contribution in [-0.2, 0) is 19.1 Å². The van der Waals surface area contributed by atoms with Gasteiger partial charge in [-0.05, 0) is 48.0 Å². The minimum atomic E-state index is -0.891. The smallest absolute Gasteiger partial charge is 0.411 e. The predicted octanol–water partition coefficient (Wildman–Crippen LogP) is 3.77. The number of benzene rings is 1. The number of hydrogen-bond donors (Lipinski definition) is 3. The summed E-state index contributed by atoms with van der Waals surface area (Å²) in [5.74, 6) is -0.910. The van der Waals surface area contributed by atoms with Gasteiger partial charge in [-0.3, -0.25) is 14.5 Å². The van der Waals surface area contributed by atoms with Crippen LogP contribution in [0.3, 0.4) is 0 Å². The molecule has 1 aliphatic rings. The fourth-order valence-electron chi connectivity index (χ4n) is 3.72. The number of carbonyl (C=O) groups is 4. The molecule has 0 bridgehead atoms. The molecule has 1 saturated heterocycles. The summed E-state index contributed by atoms with van der Waals surface area (Å²) in [7, 11) is 0. The molecule has 206 valence electrons. The minimum Gasteiger partial charge on any atom is -0.444 e. The zero-order valence-electron chi connectivity index (χ0n) is 22.5. The third-order valence-electron chi connectivity index (χ3n) is 5.19. The van der Waals surface area contributed by atoms with Crippen LogP contribution >= 0.6 is 11.3 Å². The van der Waals surface area contributed by atoms with Gasteiger partial charge in [-0.2, -0.15) is 0 Å². The van der Waals surface area contributed by atoms with E-state index < -0.39 is 47.3 Å². The number of amides is 4. The maximum atomic E-state index is 13.2. The molecule has 38 heavy (non-hydrogen) atoms. The monoisotopic (exact) mass is 545 g/mol. The van der Waals surface area contributed by atoms with Crippen LogP contribution < -0.4 is 16.0 Å². The van der Waals surface area contributed by atoms with E-state index in [0.717, 1.165) is 11.3 Å². The fourth-order valence-corrected chi connectivity index (χ4v) is 4.44. The molecule has 12 heteroatoms. The summed E-state index contributed by atoms with van der Waals surface area (Å²) in [5.41, 5.74) is 0.184. The highest BCUT2D eigenvalue weighted by Gasteiger charge is 2.42. The van der Waals surface area contributed by atoms with Gasteiger partial charge in [-0.1, -0.05) is 30.3 Å². The van der Waals surface area contributed by atoms with E-state index in [1.807, 2.05) is 35.7 Å². The third-order valence-corrected chi connectivity index (χ3v) is 5.95. The van der Waals surface area contributed by atoms with Gasteiger partial charge in [-0.15, -0.1) is 11.3 Å². The highest BCUT2D eigenvalue weighted by molar-refractivity contribution is 7.14. The quantitative estimate of drug-likeness (QED) is 0.502. The molecule has 4 amide bonds. The lowest BCUT2D eigenvalue weighted by atomic mass is 10.1. The Morgan fingerprint density at radius 1 is 1.03 bits per heavy atom. The Morgan fingerprint density at radius 3 is 2.32 bits per heavy atom. The molecule has 2 atom stereocenters. The number of thiazole rings is 1. The fraction of sp³-hybridized carbons (Fsp3) is 0.500. The van der Waals surface area contributed by atoms with Gasteiger partial charge in [0.05, 0.1) is 5.69 Å². The molecule has 2 heterocycles. The van der Waals surface area contributed by atoms with Crippen molar-refractivity contribution in [2.24, 2.45) is 0 Å². The van der Waals surface area contributed by atoms with Crippen molar-refractivity contribution < 1.29 is 28.7 Å². The summed E-state index contributed by atoms with van der Waals surface area (Å²) in [5, 5.41) is 10.2. The Labute approximate surface area is 226 Å². The summed E-state index contributed by atoms with van der Waals surface area (Å²) in [6.45, 7) is 10.1. The molecule has 0 radical (unpaired) electrons. The predicted molar refractivity (Wildman–Crippen MR) is 144 cm³/mol. The molecule has 1 aliphatic heterocycles. The van der Waals surface area contributed by atoms with E-state index in [-0.39, 0.29) is 19.5 Å². The van der Waals surface area contributed by atoms with Crippen LogP contribution in [0.1, 0.15) is 48.0 Å². The van der Waals surface area contributed by atoms with Gasteiger partial charge < -0.3 is 25.4 Å². The maximum absolute atomic E-state index is 13.2. The molecule has 0 aliphatic carbocycles. The van der Waals surface area contributed by atoms with Gasteiger partial charge in [0.1, 0.15) is 23.8 Å². The second-order valence-corrected chi connectivity index (χ2v) is 11.8. The molecule has 1 fully saturated rings. The number of nitrogens with one attached hydrogen (secondary N) is 3. The highest BCUT2D eigenvalue weighted by atomic mass is 32.1. The molecule has 1 aromatic carbocycles. The number of anilines is 1. The topological polar surface area (TPSA) is 139 Å². The van der Waals surface area contributed by atoms with Gasteiger partial charge in [0.2, 0.25) is 11.8 Å². The zero-order valence-corrected chi connectivity index (χ0v) is 23.3. The summed E-state index contributed by atoms with van der Waals surface area (Å²) < 4.78 is 10.6. The first-order valence-corrected chi connectivity index (χ1v) is 13.2. The third kappa shape index (κ3) is 8.72. The standard InChI is InChI=1S/C26H35N5O6S/c1-25(2,3)36-23(34)27-13-20(32)28-17-12-19(31(14-17)24(35)37-26(4,5)6)21(33)30-22-29-18(15-38-22)16-10-8-7-9-11-16/h7-11,15,17,19H,12-14H2,1-6H3,(H,27,34)(H,28,32)(H,29,30,33)/t17-,19+/m1/s1. The average molecular weight is 546 g/mol. The van der Waals surface area contributed by atoms with E-state index in [4.69, 9.17) is 9.47 Å². The van der Waals surface area contributed by atoms with Crippen LogP contribution in [0.25, 0.3) is 11.3 Å². The molecule has 2 aromatic rings. The molecular formula is C26H35N5O6S. The highest BCUT2D eigenvalue weighted by Crippen LogP contribution is 2.27. The zero-order chi connectivity index (χ0) is 28.1. The van der Waals surface area contributed by atoms with Crippen molar-refractivity contribution in [2.75, 3.05) is 18.4 Å². The second kappa shape index (κ2) is 11.8. The van der Waals surface area contributed by atoms with Crippen LogP contribution in [0.4, 0.5) is 14.7 Å². The van der Waals surface area contributed by atoms with Crippen LogP contribution in [0.2, 0.25) is 0 Å². The first kappa shape index (κ1) is 28.9. The van der Waals surface area contributed by atoms with Crippen LogP contribution in [-0.4, -0.2) is 70.3 Å². The Balaban J connectivity index is 1.65. The number of ether oxygens (including phenoxy) is 2. The number of nitrogens with zero attached hydrogens (tertiary/aromatic N) is 2. The molecule has 0 unspecified atom stereocenters. The van der Waals surface area contributed by atoms with Gasteiger partial charge in [0.25, 0.3) is 0 Å². The van der Waals surface area contributed by atoms with E-state index in [2.05, 4.69) is 20.9 Å². The molecule has 3 rings (SSSR count). The lowest BCUT2D eigenvalue weighted by molar-refractivity contribution is -0.121. The largest absolute Gasteiger partial charge is 0.444 e. The minimum absolute atomic E-state index is 0.0678. The summed E-state index contributed by atoms with van der Waals surface area (Å²) in [6, 6.07) is 8.15. The number of aromatic nitrogens is 1. The van der Waals surface area contributed by atoms with E-state index in [0.29, 0.717) is 5.13 Å². The molecule has 0 saturated carbocycles. The van der Waals surface area contributed by atoms with E-state index in [1.54, 1.807) is 41.5 Å². The van der Waals surface area contributed by atoms with Crippen LogP contribution in [0.5, 0.6) is 0 Å². The Kier molecular flexibility index (Phi) is 8.97. The van der Waals surface area contributed by atoms with Crippen molar-refractivity contribution in [1.29, 1.82) is 0 Å². The second-order valence-electron chi connectivity index (χ2n) is 10.9.